The number of nitrogens with two attached hydrogens (primary N) is 1. The van der Waals surface area contributed by atoms with E-state index in [1.165, 1.54) is 12.3 Å². The van der Waals surface area contributed by atoms with E-state index in [0.717, 1.165) is 32.3 Å². The van der Waals surface area contributed by atoms with Gasteiger partial charge >= 0.3 is 29.6 Å². The highest BCUT2D eigenvalue weighted by atomic mass is 35.5. The smallest absolute Gasteiger partial charge is 0.351 e. The second-order valence-electron chi connectivity index (χ2n) is 6.63. The summed E-state index contributed by atoms with van der Waals surface area (Å²) in [5, 5.41) is 0. The number of nitrogens with zero attached hydrogens (tertiary/aromatic N) is 2. The SMILES string of the molecule is CC(=O)OCC1OC(n2ccc(N)nc2=O)C(OC(C)=O)C(OC(C)=O)C1OC(C)=O.Cl. The Hall–Kier alpha value is -3.19. The van der Waals surface area contributed by atoms with Crippen molar-refractivity contribution in [2.45, 2.75) is 58.3 Å². The summed E-state index contributed by atoms with van der Waals surface area (Å²) in [4.78, 5) is 62.5. The highest BCUT2D eigenvalue weighted by Gasteiger charge is 2.53. The van der Waals surface area contributed by atoms with E-state index in [0.29, 0.717) is 0 Å². The number of nitrogen functional groups attached to an aromatic ring is 1. The summed E-state index contributed by atoms with van der Waals surface area (Å²) in [6.45, 7) is 4.04. The zero-order valence-electron chi connectivity index (χ0n) is 17.7. The monoisotopic (exact) mass is 477 g/mol. The van der Waals surface area contributed by atoms with E-state index in [1.54, 1.807) is 0 Å². The molecule has 2 heterocycles. The first-order valence-electron chi connectivity index (χ1n) is 9.14. The van der Waals surface area contributed by atoms with Crippen LogP contribution in [0.3, 0.4) is 0 Å². The third kappa shape index (κ3) is 6.92. The van der Waals surface area contributed by atoms with Crippen molar-refractivity contribution in [3.63, 3.8) is 0 Å². The molecule has 0 aliphatic carbocycles. The molecule has 0 saturated carbocycles. The van der Waals surface area contributed by atoms with Crippen LogP contribution in [0.1, 0.15) is 33.9 Å². The second-order valence-corrected chi connectivity index (χ2v) is 6.63. The number of halogens is 1. The normalized spacial score (nSPS) is 24.4. The molecule has 1 aliphatic rings. The van der Waals surface area contributed by atoms with Crippen LogP contribution in [0.5, 0.6) is 0 Å². The van der Waals surface area contributed by atoms with Crippen molar-refractivity contribution in [1.82, 2.24) is 9.55 Å². The molecule has 1 saturated heterocycles. The molecule has 1 aromatic rings. The van der Waals surface area contributed by atoms with Gasteiger partial charge in [-0.2, -0.15) is 4.98 Å². The fourth-order valence-electron chi connectivity index (χ4n) is 3.05. The Bertz CT molecular complexity index is 921. The predicted octanol–water partition coefficient (Wildman–Crippen LogP) is -0.497. The first-order chi connectivity index (χ1) is 14.5. The Morgan fingerprint density at radius 3 is 2.00 bits per heavy atom. The molecule has 178 valence electrons. The number of anilines is 1. The van der Waals surface area contributed by atoms with E-state index in [9.17, 15) is 24.0 Å². The van der Waals surface area contributed by atoms with E-state index < -0.39 is 66.8 Å². The van der Waals surface area contributed by atoms with E-state index in [2.05, 4.69) is 4.98 Å². The molecular formula is C18H24ClN3O10. The van der Waals surface area contributed by atoms with Crippen LogP contribution in [0.25, 0.3) is 0 Å². The number of carbonyl (C=O) groups is 4. The molecule has 5 unspecified atom stereocenters. The Labute approximate surface area is 188 Å². The van der Waals surface area contributed by atoms with Gasteiger partial charge in [0.1, 0.15) is 18.5 Å². The quantitative estimate of drug-likeness (QED) is 0.411. The van der Waals surface area contributed by atoms with Crippen LogP contribution in [-0.4, -0.2) is 64.5 Å². The van der Waals surface area contributed by atoms with Crippen LogP contribution in [0.4, 0.5) is 5.82 Å². The van der Waals surface area contributed by atoms with Crippen molar-refractivity contribution in [1.29, 1.82) is 0 Å². The molecule has 32 heavy (non-hydrogen) atoms. The van der Waals surface area contributed by atoms with Gasteiger partial charge in [-0.05, 0) is 6.07 Å². The maximum Gasteiger partial charge on any atom is 0.351 e. The number of hydrogen-bond donors (Lipinski definition) is 1. The van der Waals surface area contributed by atoms with Crippen molar-refractivity contribution >= 4 is 42.1 Å². The molecule has 1 aromatic heterocycles. The highest BCUT2D eigenvalue weighted by Crippen LogP contribution is 2.34. The van der Waals surface area contributed by atoms with Crippen LogP contribution >= 0.6 is 12.4 Å². The van der Waals surface area contributed by atoms with E-state index in [1.807, 2.05) is 0 Å². The number of ether oxygens (including phenoxy) is 5. The van der Waals surface area contributed by atoms with Gasteiger partial charge in [0.2, 0.25) is 0 Å². The first kappa shape index (κ1) is 26.8. The van der Waals surface area contributed by atoms with Crippen LogP contribution in [0, 0.1) is 0 Å². The van der Waals surface area contributed by atoms with Gasteiger partial charge in [0.25, 0.3) is 0 Å². The molecule has 5 atom stereocenters. The topological polar surface area (TPSA) is 175 Å². The lowest BCUT2D eigenvalue weighted by molar-refractivity contribution is -0.269. The lowest BCUT2D eigenvalue weighted by Gasteiger charge is -2.44. The number of rotatable bonds is 6. The molecule has 1 aliphatic heterocycles. The molecule has 0 radical (unpaired) electrons. The largest absolute Gasteiger partial charge is 0.463 e. The molecule has 1 fully saturated rings. The standard InChI is InChI=1S/C18H23N3O10.ClH/c1-8(22)27-7-12-14(28-9(2)23)15(29-10(3)24)16(30-11(4)25)17(31-12)21-6-5-13(19)20-18(21)26;/h5-6,12,14-17H,7H2,1-4H3,(H2,19,20,26);1H. The Kier molecular flexibility index (Phi) is 9.59. The lowest BCUT2D eigenvalue weighted by atomic mass is 9.97. The molecule has 13 nitrogen and oxygen atoms in total. The van der Waals surface area contributed by atoms with E-state index in [-0.39, 0.29) is 18.2 Å². The highest BCUT2D eigenvalue weighted by molar-refractivity contribution is 5.85. The fourth-order valence-corrected chi connectivity index (χ4v) is 3.05. The van der Waals surface area contributed by atoms with Gasteiger partial charge in [-0.1, -0.05) is 0 Å². The van der Waals surface area contributed by atoms with Crippen LogP contribution < -0.4 is 11.4 Å². The van der Waals surface area contributed by atoms with Gasteiger partial charge < -0.3 is 29.4 Å². The number of aromatic nitrogens is 2. The second kappa shape index (κ2) is 11.4. The first-order valence-corrected chi connectivity index (χ1v) is 9.14. The maximum atomic E-state index is 12.4. The van der Waals surface area contributed by atoms with Gasteiger partial charge in [-0.3, -0.25) is 23.7 Å². The third-order valence-corrected chi connectivity index (χ3v) is 4.09. The summed E-state index contributed by atoms with van der Waals surface area (Å²) < 4.78 is 27.6. The Morgan fingerprint density at radius 2 is 1.50 bits per heavy atom. The fraction of sp³-hybridized carbons (Fsp3) is 0.556. The van der Waals surface area contributed by atoms with Crippen LogP contribution in [0.15, 0.2) is 17.1 Å². The van der Waals surface area contributed by atoms with E-state index in [4.69, 9.17) is 29.4 Å². The Balaban J connectivity index is 0.00000512. The zero-order valence-corrected chi connectivity index (χ0v) is 18.5. The number of carbonyl (C=O) groups excluding carboxylic acids is 4. The predicted molar refractivity (Wildman–Crippen MR) is 107 cm³/mol. The van der Waals surface area contributed by atoms with Crippen molar-refractivity contribution in [2.75, 3.05) is 12.3 Å². The average molecular weight is 478 g/mol. The number of esters is 4. The van der Waals surface area contributed by atoms with Crippen molar-refractivity contribution in [2.24, 2.45) is 0 Å². The van der Waals surface area contributed by atoms with Crippen LogP contribution in [-0.2, 0) is 42.9 Å². The molecular weight excluding hydrogens is 454 g/mol. The minimum atomic E-state index is -1.41. The minimum Gasteiger partial charge on any atom is -0.463 e. The Morgan fingerprint density at radius 1 is 0.969 bits per heavy atom. The van der Waals surface area contributed by atoms with Crippen molar-refractivity contribution in [3.05, 3.63) is 22.7 Å². The zero-order chi connectivity index (χ0) is 23.3. The third-order valence-electron chi connectivity index (χ3n) is 4.09. The van der Waals surface area contributed by atoms with E-state index >= 15 is 0 Å². The summed E-state index contributed by atoms with van der Waals surface area (Å²) >= 11 is 0. The maximum absolute atomic E-state index is 12.4. The molecule has 2 N–H and O–H groups in total. The molecule has 14 heteroatoms. The van der Waals surface area contributed by atoms with Crippen molar-refractivity contribution in [3.8, 4) is 0 Å². The minimum absolute atomic E-state index is 0. The average Bonchev–Trinajstić information content (AvgIpc) is 2.63. The lowest BCUT2D eigenvalue weighted by Crippen LogP contribution is -2.61. The molecule has 2 rings (SSSR count). The number of hydrogen-bond acceptors (Lipinski definition) is 12. The molecule has 0 aromatic carbocycles. The van der Waals surface area contributed by atoms with Gasteiger partial charge in [-0.25, -0.2) is 4.79 Å². The van der Waals surface area contributed by atoms with Gasteiger partial charge in [0.05, 0.1) is 0 Å². The van der Waals surface area contributed by atoms with Crippen LogP contribution in [0.2, 0.25) is 0 Å². The molecule has 0 amide bonds. The summed E-state index contributed by atoms with van der Waals surface area (Å²) in [6.07, 6.45) is -5.44. The molecule has 0 bridgehead atoms. The van der Waals surface area contributed by atoms with Gasteiger partial charge in [-0.15, -0.1) is 12.4 Å². The molecule has 0 spiro atoms. The van der Waals surface area contributed by atoms with Gasteiger partial charge in [0, 0.05) is 33.9 Å². The van der Waals surface area contributed by atoms with Gasteiger partial charge in [0.15, 0.2) is 24.5 Å². The summed E-state index contributed by atoms with van der Waals surface area (Å²) in [5.74, 6) is -3.04. The summed E-state index contributed by atoms with van der Waals surface area (Å²) in [7, 11) is 0. The van der Waals surface area contributed by atoms with Crippen molar-refractivity contribution < 1.29 is 42.9 Å². The summed E-state index contributed by atoms with van der Waals surface area (Å²) in [5.41, 5.74) is 4.67. The summed E-state index contributed by atoms with van der Waals surface area (Å²) in [6, 6.07) is 1.30.